The molecule has 0 N–H and O–H groups in total. The summed E-state index contributed by atoms with van der Waals surface area (Å²) in [4.78, 5) is 22.9. The molecule has 3 aromatic rings. The molecule has 1 heterocycles. The van der Waals surface area contributed by atoms with E-state index >= 15 is 0 Å². The highest BCUT2D eigenvalue weighted by Crippen LogP contribution is 2.47. The van der Waals surface area contributed by atoms with Gasteiger partial charge in [0.2, 0.25) is 0 Å². The smallest absolute Gasteiger partial charge is 0.271 e. The maximum absolute atomic E-state index is 11.9. The number of rotatable bonds is 4. The highest BCUT2D eigenvalue weighted by molar-refractivity contribution is 5.92. The van der Waals surface area contributed by atoms with E-state index in [1.54, 1.807) is 19.2 Å². The molecule has 144 valence electrons. The van der Waals surface area contributed by atoms with Gasteiger partial charge in [0.25, 0.3) is 5.69 Å². The quantitative estimate of drug-likeness (QED) is 0.371. The van der Waals surface area contributed by atoms with Crippen molar-refractivity contribution >= 4 is 22.9 Å². The summed E-state index contributed by atoms with van der Waals surface area (Å²) < 4.78 is 7.32. The lowest BCUT2D eigenvalue weighted by Gasteiger charge is -2.34. The number of methoxy groups -OCH3 is 1. The summed E-state index contributed by atoms with van der Waals surface area (Å²) in [7, 11) is 1.61. The normalized spacial score (nSPS) is 17.9. The number of nitro groups is 1. The van der Waals surface area contributed by atoms with Gasteiger partial charge >= 0.3 is 0 Å². The van der Waals surface area contributed by atoms with Crippen LogP contribution in [-0.4, -0.2) is 22.9 Å². The highest BCUT2D eigenvalue weighted by atomic mass is 16.6. The Morgan fingerprint density at radius 3 is 2.54 bits per heavy atom. The lowest BCUT2D eigenvalue weighted by atomic mass is 9.71. The van der Waals surface area contributed by atoms with Crippen LogP contribution in [0.15, 0.2) is 42.5 Å². The molecular weight excluding hydrogens is 356 g/mol. The zero-order chi connectivity index (χ0) is 20.1. The van der Waals surface area contributed by atoms with Crippen molar-refractivity contribution < 1.29 is 14.5 Å². The first-order valence-electron chi connectivity index (χ1n) is 9.26. The molecule has 6 nitrogen and oxygen atoms in total. The number of hydrogen-bond donors (Lipinski definition) is 0. The Morgan fingerprint density at radius 1 is 1.21 bits per heavy atom. The molecule has 1 aliphatic carbocycles. The van der Waals surface area contributed by atoms with Crippen LogP contribution >= 0.6 is 0 Å². The third kappa shape index (κ3) is 2.85. The number of nitrogens with zero attached hydrogens (tertiary/aromatic N) is 2. The molecule has 1 aromatic heterocycles. The number of hydrogen-bond acceptors (Lipinski definition) is 4. The number of carbonyl (C=O) groups is 1. The van der Waals surface area contributed by atoms with Crippen LogP contribution in [0.1, 0.15) is 37.4 Å². The third-order valence-electron chi connectivity index (χ3n) is 5.59. The molecule has 0 fully saturated rings. The Bertz CT molecular complexity index is 1080. The second-order valence-corrected chi connectivity index (χ2v) is 8.14. The molecule has 6 heteroatoms. The van der Waals surface area contributed by atoms with E-state index in [1.165, 1.54) is 6.07 Å². The van der Waals surface area contributed by atoms with E-state index in [9.17, 15) is 14.9 Å². The summed E-state index contributed by atoms with van der Waals surface area (Å²) in [6.07, 6.45) is 2.57. The van der Waals surface area contributed by atoms with Crippen LogP contribution in [0, 0.1) is 15.5 Å². The van der Waals surface area contributed by atoms with Crippen molar-refractivity contribution in [3.05, 3.63) is 63.8 Å². The molecule has 1 aliphatic rings. The van der Waals surface area contributed by atoms with Gasteiger partial charge in [-0.05, 0) is 54.2 Å². The fraction of sp³-hybridized carbons (Fsp3) is 0.318. The Morgan fingerprint density at radius 2 is 1.93 bits per heavy atom. The number of nitro benzene ring substituents is 1. The van der Waals surface area contributed by atoms with E-state index in [0.717, 1.165) is 52.7 Å². The summed E-state index contributed by atoms with van der Waals surface area (Å²) in [6.45, 7) is 4.32. The first-order chi connectivity index (χ1) is 13.3. The SMILES string of the molecule is COc1ccc(-n2c3c(c4ccc([N+](=O)[O-])cc42)C(C=O)CC(C)(C)C3)cc1. The number of ether oxygens (including phenoxy) is 1. The number of carbonyl (C=O) groups excluding carboxylic acids is 1. The summed E-state index contributed by atoms with van der Waals surface area (Å²) >= 11 is 0. The van der Waals surface area contributed by atoms with Crippen LogP contribution in [0.5, 0.6) is 5.75 Å². The Hall–Kier alpha value is -3.15. The zero-order valence-electron chi connectivity index (χ0n) is 16.1. The first-order valence-corrected chi connectivity index (χ1v) is 9.26. The molecule has 4 rings (SSSR count). The van der Waals surface area contributed by atoms with Gasteiger partial charge in [-0.1, -0.05) is 13.8 Å². The van der Waals surface area contributed by atoms with Crippen molar-refractivity contribution in [3.63, 3.8) is 0 Å². The highest BCUT2D eigenvalue weighted by Gasteiger charge is 2.37. The van der Waals surface area contributed by atoms with Gasteiger partial charge in [0, 0.05) is 34.8 Å². The largest absolute Gasteiger partial charge is 0.497 e. The van der Waals surface area contributed by atoms with Crippen molar-refractivity contribution in [3.8, 4) is 11.4 Å². The number of aromatic nitrogens is 1. The van der Waals surface area contributed by atoms with E-state index in [4.69, 9.17) is 4.74 Å². The average molecular weight is 378 g/mol. The molecule has 0 bridgehead atoms. The molecule has 1 atom stereocenters. The maximum Gasteiger partial charge on any atom is 0.271 e. The molecule has 1 unspecified atom stereocenters. The monoisotopic (exact) mass is 378 g/mol. The molecule has 2 aromatic carbocycles. The van der Waals surface area contributed by atoms with Gasteiger partial charge in [0.15, 0.2) is 0 Å². The summed E-state index contributed by atoms with van der Waals surface area (Å²) in [5, 5.41) is 12.3. The van der Waals surface area contributed by atoms with Gasteiger partial charge in [0.05, 0.1) is 17.5 Å². The predicted octanol–water partition coefficient (Wildman–Crippen LogP) is 4.80. The minimum Gasteiger partial charge on any atom is -0.497 e. The van der Waals surface area contributed by atoms with Crippen molar-refractivity contribution in [1.29, 1.82) is 0 Å². The van der Waals surface area contributed by atoms with Gasteiger partial charge in [-0.3, -0.25) is 10.1 Å². The molecule has 0 spiro atoms. The number of fused-ring (bicyclic) bond motifs is 3. The fourth-order valence-electron chi connectivity index (χ4n) is 4.42. The van der Waals surface area contributed by atoms with Crippen molar-refractivity contribution in [2.24, 2.45) is 5.41 Å². The molecule has 0 amide bonds. The molecule has 28 heavy (non-hydrogen) atoms. The number of benzene rings is 2. The van der Waals surface area contributed by atoms with Gasteiger partial charge in [-0.2, -0.15) is 0 Å². The first kappa shape index (κ1) is 18.2. The Kier molecular flexibility index (Phi) is 4.22. The van der Waals surface area contributed by atoms with Gasteiger partial charge in [0.1, 0.15) is 12.0 Å². The Labute approximate surface area is 162 Å². The standard InChI is InChI=1S/C22H22N2O4/c1-22(2)11-14(13-25)21-18-9-6-16(24(26)27)10-19(18)23(20(21)12-22)15-4-7-17(28-3)8-5-15/h4-10,13-14H,11-12H2,1-3H3. The van der Waals surface area contributed by atoms with E-state index in [-0.39, 0.29) is 21.9 Å². The van der Waals surface area contributed by atoms with Crippen LogP contribution in [0.4, 0.5) is 5.69 Å². The van der Waals surface area contributed by atoms with Crippen molar-refractivity contribution in [1.82, 2.24) is 4.57 Å². The van der Waals surface area contributed by atoms with Crippen molar-refractivity contribution in [2.45, 2.75) is 32.6 Å². The second-order valence-electron chi connectivity index (χ2n) is 8.14. The van der Waals surface area contributed by atoms with Crippen LogP contribution in [0.25, 0.3) is 16.6 Å². The lowest BCUT2D eigenvalue weighted by Crippen LogP contribution is -2.27. The molecule has 0 saturated carbocycles. The number of non-ortho nitro benzene ring substituents is 1. The summed E-state index contributed by atoms with van der Waals surface area (Å²) in [5.41, 5.74) is 3.70. The maximum atomic E-state index is 11.9. The van der Waals surface area contributed by atoms with E-state index in [2.05, 4.69) is 18.4 Å². The second kappa shape index (κ2) is 6.48. The minimum atomic E-state index is -0.384. The number of aldehydes is 1. The average Bonchev–Trinajstić information content (AvgIpc) is 2.99. The molecular formula is C22H22N2O4. The van der Waals surface area contributed by atoms with E-state index < -0.39 is 0 Å². The summed E-state index contributed by atoms with van der Waals surface area (Å²) in [5.74, 6) is 0.522. The van der Waals surface area contributed by atoms with Crippen LogP contribution in [0.2, 0.25) is 0 Å². The van der Waals surface area contributed by atoms with E-state index in [1.807, 2.05) is 24.3 Å². The minimum absolute atomic E-state index is 0.0386. The van der Waals surface area contributed by atoms with Crippen molar-refractivity contribution in [2.75, 3.05) is 7.11 Å². The Balaban J connectivity index is 2.06. The zero-order valence-corrected chi connectivity index (χ0v) is 16.1. The van der Waals surface area contributed by atoms with Gasteiger partial charge < -0.3 is 14.1 Å². The lowest BCUT2D eigenvalue weighted by molar-refractivity contribution is -0.384. The topological polar surface area (TPSA) is 74.4 Å². The van der Waals surface area contributed by atoms with Crippen LogP contribution < -0.4 is 4.74 Å². The van der Waals surface area contributed by atoms with E-state index in [0.29, 0.717) is 0 Å². The molecule has 0 radical (unpaired) electrons. The predicted molar refractivity (Wildman–Crippen MR) is 107 cm³/mol. The molecule has 0 aliphatic heterocycles. The van der Waals surface area contributed by atoms with Gasteiger partial charge in [-0.25, -0.2) is 0 Å². The van der Waals surface area contributed by atoms with Crippen LogP contribution in [0.3, 0.4) is 0 Å². The fourth-order valence-corrected chi connectivity index (χ4v) is 4.42. The third-order valence-corrected chi connectivity index (χ3v) is 5.59. The summed E-state index contributed by atoms with van der Waals surface area (Å²) in [6, 6.07) is 12.5. The molecule has 0 saturated heterocycles. The van der Waals surface area contributed by atoms with Crippen LogP contribution in [-0.2, 0) is 11.2 Å². The van der Waals surface area contributed by atoms with Gasteiger partial charge in [-0.15, -0.1) is 0 Å².